The van der Waals surface area contributed by atoms with Gasteiger partial charge in [0.2, 0.25) is 5.16 Å². The van der Waals surface area contributed by atoms with Gasteiger partial charge in [0, 0.05) is 24.0 Å². The summed E-state index contributed by atoms with van der Waals surface area (Å²) in [5.74, 6) is 0.803. The van der Waals surface area contributed by atoms with Crippen molar-refractivity contribution < 1.29 is 0 Å². The molecule has 3 N–H and O–H groups in total. The number of nitrogens with one attached hydrogen (secondary N) is 1. The second-order valence-corrected chi connectivity index (χ2v) is 6.24. The van der Waals surface area contributed by atoms with Gasteiger partial charge in [-0.2, -0.15) is 0 Å². The van der Waals surface area contributed by atoms with Crippen LogP contribution >= 0.6 is 23.1 Å². The molecule has 0 fully saturated rings. The fourth-order valence-corrected chi connectivity index (χ4v) is 3.51. The first-order valence-electron chi connectivity index (χ1n) is 5.90. The number of hydrogen-bond donors (Lipinski definition) is 2. The van der Waals surface area contributed by atoms with E-state index in [9.17, 15) is 0 Å². The standard InChI is InChI=1S/C11H14N6S2/c1-6(12)5-8-9(14-11-17(8)3-4-18-11)19-10-13-7(2)15-16-10/h3-4,6H,5,12H2,1-2H3,(H,13,15,16). The van der Waals surface area contributed by atoms with Gasteiger partial charge in [-0.05, 0) is 25.6 Å². The van der Waals surface area contributed by atoms with Gasteiger partial charge in [0.25, 0.3) is 0 Å². The summed E-state index contributed by atoms with van der Waals surface area (Å²) in [6, 6.07) is 0.0908. The number of fused-ring (bicyclic) bond motifs is 1. The Labute approximate surface area is 118 Å². The third-order valence-corrected chi connectivity index (χ3v) is 4.25. The zero-order chi connectivity index (χ0) is 13.4. The van der Waals surface area contributed by atoms with Crippen LogP contribution in [0.25, 0.3) is 4.96 Å². The normalized spacial score (nSPS) is 13.2. The third kappa shape index (κ3) is 2.51. The molecule has 0 amide bonds. The maximum absolute atomic E-state index is 5.93. The summed E-state index contributed by atoms with van der Waals surface area (Å²) in [5.41, 5.74) is 7.05. The van der Waals surface area contributed by atoms with Gasteiger partial charge < -0.3 is 5.73 Å². The maximum atomic E-state index is 5.93. The topological polar surface area (TPSA) is 84.9 Å². The van der Waals surface area contributed by atoms with Gasteiger partial charge in [0.15, 0.2) is 4.96 Å². The molecule has 0 aliphatic rings. The van der Waals surface area contributed by atoms with Crippen molar-refractivity contribution in [1.82, 2.24) is 24.6 Å². The van der Waals surface area contributed by atoms with E-state index in [1.54, 1.807) is 11.3 Å². The Morgan fingerprint density at radius 3 is 3.05 bits per heavy atom. The molecule has 0 bridgehead atoms. The van der Waals surface area contributed by atoms with Crippen LogP contribution in [0.4, 0.5) is 0 Å². The van der Waals surface area contributed by atoms with E-state index in [1.807, 2.05) is 25.4 Å². The van der Waals surface area contributed by atoms with Crippen LogP contribution in [0.15, 0.2) is 21.8 Å². The molecule has 0 spiro atoms. The molecule has 1 atom stereocenters. The van der Waals surface area contributed by atoms with Crippen molar-refractivity contribution in [2.75, 3.05) is 0 Å². The summed E-state index contributed by atoms with van der Waals surface area (Å²) in [6.07, 6.45) is 2.81. The largest absolute Gasteiger partial charge is 0.328 e. The van der Waals surface area contributed by atoms with Crippen molar-refractivity contribution >= 4 is 28.1 Å². The molecule has 0 saturated carbocycles. The quantitative estimate of drug-likeness (QED) is 0.767. The highest BCUT2D eigenvalue weighted by atomic mass is 32.2. The smallest absolute Gasteiger partial charge is 0.214 e. The van der Waals surface area contributed by atoms with Crippen molar-refractivity contribution in [3.63, 3.8) is 0 Å². The van der Waals surface area contributed by atoms with E-state index in [1.165, 1.54) is 11.8 Å². The van der Waals surface area contributed by atoms with Gasteiger partial charge in [-0.25, -0.2) is 9.97 Å². The van der Waals surface area contributed by atoms with Gasteiger partial charge in [-0.15, -0.1) is 16.4 Å². The van der Waals surface area contributed by atoms with Crippen LogP contribution in [0.1, 0.15) is 18.4 Å². The van der Waals surface area contributed by atoms with Crippen LogP contribution in [0.5, 0.6) is 0 Å². The summed E-state index contributed by atoms with van der Waals surface area (Å²) >= 11 is 3.09. The fraction of sp³-hybridized carbons (Fsp3) is 0.364. The van der Waals surface area contributed by atoms with Crippen LogP contribution in [0.3, 0.4) is 0 Å². The monoisotopic (exact) mass is 294 g/mol. The number of H-pyrrole nitrogens is 1. The lowest BCUT2D eigenvalue weighted by molar-refractivity contribution is 0.706. The lowest BCUT2D eigenvalue weighted by atomic mass is 10.2. The van der Waals surface area contributed by atoms with Crippen LogP contribution in [-0.4, -0.2) is 30.6 Å². The lowest BCUT2D eigenvalue weighted by Gasteiger charge is -2.05. The number of aromatic nitrogens is 5. The Morgan fingerprint density at radius 1 is 1.53 bits per heavy atom. The molecular weight excluding hydrogens is 280 g/mol. The van der Waals surface area contributed by atoms with E-state index in [4.69, 9.17) is 5.73 Å². The highest BCUT2D eigenvalue weighted by Crippen LogP contribution is 2.30. The molecule has 0 aromatic carbocycles. The fourth-order valence-electron chi connectivity index (χ4n) is 1.84. The third-order valence-electron chi connectivity index (χ3n) is 2.60. The predicted octanol–water partition coefficient (Wildman–Crippen LogP) is 1.86. The van der Waals surface area contributed by atoms with Crippen LogP contribution in [-0.2, 0) is 6.42 Å². The number of aryl methyl sites for hydroxylation is 1. The van der Waals surface area contributed by atoms with Crippen molar-refractivity contribution in [2.24, 2.45) is 5.73 Å². The lowest BCUT2D eigenvalue weighted by Crippen LogP contribution is -2.19. The molecule has 1 unspecified atom stereocenters. The molecule has 3 heterocycles. The van der Waals surface area contributed by atoms with E-state index in [-0.39, 0.29) is 6.04 Å². The van der Waals surface area contributed by atoms with E-state index in [0.717, 1.165) is 27.9 Å². The molecule has 3 rings (SSSR count). The van der Waals surface area contributed by atoms with E-state index in [0.29, 0.717) is 5.16 Å². The van der Waals surface area contributed by atoms with Crippen molar-refractivity contribution in [2.45, 2.75) is 36.5 Å². The van der Waals surface area contributed by atoms with E-state index >= 15 is 0 Å². The number of nitrogens with zero attached hydrogens (tertiary/aromatic N) is 4. The average molecular weight is 294 g/mol. The minimum Gasteiger partial charge on any atom is -0.328 e. The second kappa shape index (κ2) is 4.95. The van der Waals surface area contributed by atoms with Gasteiger partial charge >= 0.3 is 0 Å². The van der Waals surface area contributed by atoms with Crippen LogP contribution in [0, 0.1) is 6.92 Å². The summed E-state index contributed by atoms with van der Waals surface area (Å²) < 4.78 is 2.09. The van der Waals surface area contributed by atoms with Gasteiger partial charge in [0.05, 0.1) is 5.69 Å². The minimum absolute atomic E-state index is 0.0908. The zero-order valence-electron chi connectivity index (χ0n) is 10.6. The summed E-state index contributed by atoms with van der Waals surface area (Å²) in [6.45, 7) is 3.88. The van der Waals surface area contributed by atoms with Crippen molar-refractivity contribution in [3.8, 4) is 0 Å². The molecule has 100 valence electrons. The number of imidazole rings is 1. The Kier molecular flexibility index (Phi) is 3.29. The van der Waals surface area contributed by atoms with E-state index in [2.05, 4.69) is 24.6 Å². The van der Waals surface area contributed by atoms with Crippen LogP contribution in [0.2, 0.25) is 0 Å². The van der Waals surface area contributed by atoms with Gasteiger partial charge in [0.1, 0.15) is 10.9 Å². The molecule has 3 aromatic heterocycles. The minimum atomic E-state index is 0.0908. The molecule has 0 saturated heterocycles. The van der Waals surface area contributed by atoms with Gasteiger partial charge in [-0.1, -0.05) is 0 Å². The molecule has 0 aliphatic carbocycles. The van der Waals surface area contributed by atoms with Crippen LogP contribution < -0.4 is 5.73 Å². The number of hydrogen-bond acceptors (Lipinski definition) is 6. The Balaban J connectivity index is 1.99. The maximum Gasteiger partial charge on any atom is 0.214 e. The molecule has 3 aromatic rings. The Hall–Kier alpha value is -1.38. The number of aromatic amines is 1. The first-order chi connectivity index (χ1) is 9.13. The molecule has 0 aliphatic heterocycles. The Bertz CT molecular complexity index is 695. The zero-order valence-corrected chi connectivity index (χ0v) is 12.3. The first kappa shape index (κ1) is 12.6. The summed E-state index contributed by atoms with van der Waals surface area (Å²) in [5, 5.41) is 10.6. The molecular formula is C11H14N6S2. The second-order valence-electron chi connectivity index (χ2n) is 4.41. The molecule has 0 radical (unpaired) electrons. The highest BCUT2D eigenvalue weighted by molar-refractivity contribution is 7.99. The molecule has 8 heteroatoms. The molecule has 6 nitrogen and oxygen atoms in total. The van der Waals surface area contributed by atoms with Crippen molar-refractivity contribution in [1.29, 1.82) is 0 Å². The van der Waals surface area contributed by atoms with Gasteiger partial charge in [-0.3, -0.25) is 9.50 Å². The first-order valence-corrected chi connectivity index (χ1v) is 7.60. The highest BCUT2D eigenvalue weighted by Gasteiger charge is 2.17. The van der Waals surface area contributed by atoms with Crippen molar-refractivity contribution in [3.05, 3.63) is 23.1 Å². The number of rotatable bonds is 4. The van der Waals surface area contributed by atoms with E-state index < -0.39 is 0 Å². The average Bonchev–Trinajstić information content (AvgIpc) is 2.99. The Morgan fingerprint density at radius 2 is 2.37 bits per heavy atom. The summed E-state index contributed by atoms with van der Waals surface area (Å²) in [7, 11) is 0. The summed E-state index contributed by atoms with van der Waals surface area (Å²) in [4.78, 5) is 9.90. The number of nitrogens with two attached hydrogens (primary N) is 1. The molecule has 19 heavy (non-hydrogen) atoms. The predicted molar refractivity (Wildman–Crippen MR) is 75.7 cm³/mol. The number of thiazole rings is 1. The SMILES string of the molecule is Cc1nc(Sc2nc3sccn3c2CC(C)N)n[nH]1.